The van der Waals surface area contributed by atoms with Gasteiger partial charge < -0.3 is 18.3 Å². The van der Waals surface area contributed by atoms with E-state index in [2.05, 4.69) is 71.0 Å². The minimum atomic E-state index is -2.12. The fourth-order valence-corrected chi connectivity index (χ4v) is 16.7. The second-order valence-electron chi connectivity index (χ2n) is 13.0. The van der Waals surface area contributed by atoms with Crippen LogP contribution in [-0.4, -0.2) is 65.5 Å². The Labute approximate surface area is 336 Å². The molecule has 2 atom stereocenters. The van der Waals surface area contributed by atoms with E-state index in [9.17, 15) is 4.79 Å². The van der Waals surface area contributed by atoms with Crippen LogP contribution in [0, 0.1) is 5.92 Å². The lowest BCUT2D eigenvalue weighted by molar-refractivity contribution is -0.121. The van der Waals surface area contributed by atoms with Gasteiger partial charge in [-0.1, -0.05) is 101 Å². The van der Waals surface area contributed by atoms with Gasteiger partial charge in [0.1, 0.15) is 17.0 Å². The van der Waals surface area contributed by atoms with E-state index in [1.54, 1.807) is 20.3 Å². The van der Waals surface area contributed by atoms with Crippen LogP contribution in [0.3, 0.4) is 0 Å². The molecule has 52 heavy (non-hydrogen) atoms. The Hall–Kier alpha value is -1.91. The first-order valence-electron chi connectivity index (χ1n) is 15.9. The Bertz CT molecular complexity index is 1440. The summed E-state index contributed by atoms with van der Waals surface area (Å²) in [4.78, 5) is 16.9. The van der Waals surface area contributed by atoms with Gasteiger partial charge in [-0.25, -0.2) is 4.99 Å². The smallest absolute Gasteiger partial charge is 0.244 e. The zero-order valence-electron chi connectivity index (χ0n) is 28.6. The monoisotopic (exact) mass is 841 g/mol. The summed E-state index contributed by atoms with van der Waals surface area (Å²) >= 11 is 25.7. The number of rotatable bonds is 18. The van der Waals surface area contributed by atoms with Crippen LogP contribution in [0.25, 0.3) is 0 Å². The van der Waals surface area contributed by atoms with Crippen molar-refractivity contribution >= 4 is 74.8 Å². The Morgan fingerprint density at radius 2 is 1.54 bits per heavy atom. The highest BCUT2D eigenvalue weighted by Crippen LogP contribution is 2.33. The van der Waals surface area contributed by atoms with Crippen molar-refractivity contribution < 1.29 is 23.1 Å². The maximum atomic E-state index is 12.3. The lowest BCUT2D eigenvalue weighted by atomic mass is 9.86. The van der Waals surface area contributed by atoms with Crippen LogP contribution in [-0.2, 0) is 36.1 Å². The summed E-state index contributed by atoms with van der Waals surface area (Å²) in [5, 5.41) is 9.46. The minimum Gasteiger partial charge on any atom is -0.546 e. The fraction of sp³-hybridized carbons (Fsp3) is 0.611. The molecule has 1 aromatic heterocycles. The molecule has 0 saturated carbocycles. The Morgan fingerprint density at radius 1 is 0.904 bits per heavy atom. The summed E-state index contributed by atoms with van der Waals surface area (Å²) in [6, 6.07) is 0. The van der Waals surface area contributed by atoms with Crippen LogP contribution in [0.2, 0.25) is 42.2 Å². The van der Waals surface area contributed by atoms with Gasteiger partial charge in [0.05, 0.1) is 31.0 Å². The summed E-state index contributed by atoms with van der Waals surface area (Å²) < 4.78 is 24.0. The largest absolute Gasteiger partial charge is 0.546 e. The summed E-state index contributed by atoms with van der Waals surface area (Å²) in [6.45, 7) is 13.4. The van der Waals surface area contributed by atoms with Crippen LogP contribution < -0.4 is 10.9 Å². The van der Waals surface area contributed by atoms with Gasteiger partial charge in [0.15, 0.2) is 24.5 Å². The van der Waals surface area contributed by atoms with Crippen molar-refractivity contribution in [2.45, 2.75) is 119 Å². The standard InChI is InChI=1S/C32H47Cl4N5O5Si2.4CH4/c1-8-22(45-29-17-27(26(33)18-37-29)46-48(6,7)20-47(4,5)44-3)15-21(24-16-28(42)38-39-31(24)35)13-11-9-10-12-14-23-25(19-43-2)32(36)41-40-30(23)34;;;;/h8-10,21-22,39H,1,11-20H2,2-7H3,(H,38,42);4*1H4/b10-9-;;;;. The number of aliphatic imine (C=N–C) groups is 1. The van der Waals surface area contributed by atoms with Gasteiger partial charge in [-0.15, -0.1) is 10.2 Å². The Morgan fingerprint density at radius 3 is 2.15 bits per heavy atom. The number of aromatic nitrogens is 2. The Balaban J connectivity index is 0. The number of halogens is 4. The van der Waals surface area contributed by atoms with Crippen LogP contribution in [0.5, 0.6) is 0 Å². The van der Waals surface area contributed by atoms with Crippen molar-refractivity contribution in [2.24, 2.45) is 10.9 Å². The maximum absolute atomic E-state index is 12.3. The van der Waals surface area contributed by atoms with Gasteiger partial charge in [-0.3, -0.25) is 15.6 Å². The second-order valence-corrected chi connectivity index (χ2v) is 23.6. The number of ether oxygens (including phenoxy) is 2. The number of amides is 1. The predicted molar refractivity (Wildman–Crippen MR) is 226 cm³/mol. The van der Waals surface area contributed by atoms with Gasteiger partial charge in [-0.2, -0.15) is 0 Å². The number of hydrogen-bond donors (Lipinski definition) is 2. The van der Waals surface area contributed by atoms with Gasteiger partial charge in [0.25, 0.3) is 0 Å². The lowest BCUT2D eigenvalue weighted by Gasteiger charge is -2.33. The van der Waals surface area contributed by atoms with Crippen molar-refractivity contribution in [2.75, 3.05) is 20.8 Å². The molecule has 0 spiro atoms. The van der Waals surface area contributed by atoms with Crippen molar-refractivity contribution in [3.05, 3.63) is 67.8 Å². The third kappa shape index (κ3) is 16.2. The molecule has 0 bridgehead atoms. The first-order valence-corrected chi connectivity index (χ1v) is 23.6. The molecule has 0 aliphatic carbocycles. The molecular formula is C36H63Cl4N5O5Si2. The molecule has 2 N–H and O–H groups in total. The second kappa shape index (κ2) is 24.5. The number of allylic oxidation sites excluding steroid dienone is 2. The average molecular weight is 844 g/mol. The number of carbonyl (C=O) groups is 1. The number of dihydropyridines is 1. The molecule has 2 unspecified atom stereocenters. The molecule has 2 aliphatic rings. The normalized spacial score (nSPS) is 15.9. The fourth-order valence-electron chi connectivity index (χ4n) is 5.84. The van der Waals surface area contributed by atoms with Crippen LogP contribution in [0.1, 0.15) is 79.4 Å². The van der Waals surface area contributed by atoms with E-state index in [1.165, 1.54) is 0 Å². The molecule has 1 aromatic rings. The van der Waals surface area contributed by atoms with Crippen LogP contribution >= 0.6 is 46.4 Å². The third-order valence-corrected chi connectivity index (χ3v) is 18.1. The van der Waals surface area contributed by atoms with E-state index in [0.717, 1.165) is 41.6 Å². The highest BCUT2D eigenvalue weighted by Gasteiger charge is 2.37. The number of methoxy groups -OCH3 is 1. The van der Waals surface area contributed by atoms with Gasteiger partial charge >= 0.3 is 0 Å². The van der Waals surface area contributed by atoms with E-state index in [-0.39, 0.29) is 59.2 Å². The van der Waals surface area contributed by atoms with Gasteiger partial charge in [-0.05, 0) is 75.5 Å². The summed E-state index contributed by atoms with van der Waals surface area (Å²) in [6.07, 6.45) is 9.53. The van der Waals surface area contributed by atoms with E-state index in [4.69, 9.17) is 64.7 Å². The molecule has 1 amide bonds. The van der Waals surface area contributed by atoms with Crippen molar-refractivity contribution in [3.8, 4) is 0 Å². The van der Waals surface area contributed by atoms with E-state index in [1.807, 2.05) is 0 Å². The maximum Gasteiger partial charge on any atom is 0.244 e. The molecular weight excluding hydrogens is 780 g/mol. The highest BCUT2D eigenvalue weighted by atomic mass is 35.5. The van der Waals surface area contributed by atoms with E-state index in [0.29, 0.717) is 59.4 Å². The number of nitrogens with zero attached hydrogens (tertiary/aromatic N) is 3. The quantitative estimate of drug-likeness (QED) is 0.0853. The summed E-state index contributed by atoms with van der Waals surface area (Å²) in [5.74, 6) is 1.04. The molecule has 10 nitrogen and oxygen atoms in total. The number of hydrazine groups is 1. The van der Waals surface area contributed by atoms with Crippen LogP contribution in [0.4, 0.5) is 0 Å². The predicted octanol–water partition coefficient (Wildman–Crippen LogP) is 10.7. The minimum absolute atomic E-state index is 0. The molecule has 3 heterocycles. The topological polar surface area (TPSA) is 116 Å². The molecule has 0 saturated heterocycles. The summed E-state index contributed by atoms with van der Waals surface area (Å²) in [5.41, 5.74) is 8.70. The SMILES string of the molecule is C.C.C.C.C=CC(CC(CC/C=C\CCc1c(Cl)nnc(Cl)c1COC)C1=C(Cl)NNC(=O)C1)OC1=NCC(Cl)=C(O[Si](C)(C)C[Si](C)(C)OC)C1. The molecule has 2 aliphatic heterocycles. The van der Waals surface area contributed by atoms with Crippen molar-refractivity contribution in [1.82, 2.24) is 21.0 Å². The van der Waals surface area contributed by atoms with Crippen molar-refractivity contribution in [3.63, 3.8) is 0 Å². The molecule has 0 aromatic carbocycles. The van der Waals surface area contributed by atoms with Gasteiger partial charge in [0, 0.05) is 25.3 Å². The van der Waals surface area contributed by atoms with E-state index < -0.39 is 16.6 Å². The van der Waals surface area contributed by atoms with Crippen LogP contribution in [0.15, 0.2) is 51.3 Å². The first kappa shape index (κ1) is 52.2. The molecule has 298 valence electrons. The number of carbonyl (C=O) groups excluding carboxylic acids is 1. The first-order chi connectivity index (χ1) is 22.7. The Kier molecular flexibility index (Phi) is 24.6. The zero-order valence-corrected chi connectivity index (χ0v) is 33.6. The molecule has 0 radical (unpaired) electrons. The van der Waals surface area contributed by atoms with Crippen molar-refractivity contribution in [1.29, 1.82) is 0 Å². The molecule has 3 rings (SSSR count). The molecule has 16 heteroatoms. The summed E-state index contributed by atoms with van der Waals surface area (Å²) in [7, 11) is -0.588. The zero-order chi connectivity index (χ0) is 35.5. The molecule has 0 fully saturated rings. The van der Waals surface area contributed by atoms with E-state index >= 15 is 0 Å². The average Bonchev–Trinajstić information content (AvgIpc) is 3.02. The highest BCUT2D eigenvalue weighted by molar-refractivity contribution is 6.89. The number of nitrogens with one attached hydrogen (secondary N) is 2. The number of hydrogen-bond acceptors (Lipinski definition) is 9. The van der Waals surface area contributed by atoms with Gasteiger partial charge in [0.2, 0.25) is 14.2 Å². The lowest BCUT2D eigenvalue weighted by Crippen LogP contribution is -2.43. The third-order valence-electron chi connectivity index (χ3n) is 8.10.